The molecule has 1 unspecified atom stereocenters. The van der Waals surface area contributed by atoms with Crippen LogP contribution < -0.4 is 10.6 Å². The number of anilines is 1. The van der Waals surface area contributed by atoms with Gasteiger partial charge in [-0.15, -0.1) is 0 Å². The molecule has 4 heteroatoms. The van der Waals surface area contributed by atoms with Crippen molar-refractivity contribution < 1.29 is 4.79 Å². The van der Waals surface area contributed by atoms with Gasteiger partial charge in [-0.05, 0) is 37.8 Å². The van der Waals surface area contributed by atoms with Gasteiger partial charge in [0.15, 0.2) is 0 Å². The van der Waals surface area contributed by atoms with Gasteiger partial charge in [0.25, 0.3) is 5.91 Å². The summed E-state index contributed by atoms with van der Waals surface area (Å²) in [6.45, 7) is 8.42. The molecule has 1 aliphatic carbocycles. The zero-order chi connectivity index (χ0) is 15.6. The lowest BCUT2D eigenvalue weighted by Gasteiger charge is -2.32. The van der Waals surface area contributed by atoms with Crippen LogP contribution >= 0.6 is 0 Å². The number of carbonyl (C=O) groups is 1. The van der Waals surface area contributed by atoms with Gasteiger partial charge >= 0.3 is 0 Å². The second-order valence-electron chi connectivity index (χ2n) is 7.08. The Labute approximate surface area is 127 Å². The quantitative estimate of drug-likeness (QED) is 0.894. The van der Waals surface area contributed by atoms with Gasteiger partial charge < -0.3 is 10.6 Å². The number of aromatic nitrogens is 1. The number of hydrogen-bond donors (Lipinski definition) is 2. The molecular weight excluding hydrogens is 262 g/mol. The van der Waals surface area contributed by atoms with Crippen LogP contribution in [-0.2, 0) is 5.41 Å². The molecule has 1 aromatic heterocycles. The molecular formula is C17H27N3O. The van der Waals surface area contributed by atoms with Gasteiger partial charge in [-0.2, -0.15) is 0 Å². The van der Waals surface area contributed by atoms with E-state index in [0.29, 0.717) is 11.5 Å². The van der Waals surface area contributed by atoms with Crippen molar-refractivity contribution in [2.75, 3.05) is 12.4 Å². The number of rotatable bonds is 4. The Bertz CT molecular complexity index is 515. The lowest BCUT2D eigenvalue weighted by molar-refractivity contribution is 0.0909. The average Bonchev–Trinajstić information content (AvgIpc) is 2.34. The molecule has 2 N–H and O–H groups in total. The molecule has 1 saturated carbocycles. The molecule has 1 heterocycles. The van der Waals surface area contributed by atoms with Crippen LogP contribution in [0.4, 0.5) is 5.82 Å². The fraction of sp³-hybridized carbons (Fsp3) is 0.647. The van der Waals surface area contributed by atoms with Crippen molar-refractivity contribution in [1.29, 1.82) is 0 Å². The minimum atomic E-state index is -0.0819. The van der Waals surface area contributed by atoms with Crippen LogP contribution in [-0.4, -0.2) is 24.0 Å². The molecule has 0 aromatic carbocycles. The summed E-state index contributed by atoms with van der Waals surface area (Å²) in [6.07, 6.45) is 3.75. The second-order valence-corrected chi connectivity index (χ2v) is 7.08. The van der Waals surface area contributed by atoms with Crippen molar-refractivity contribution in [2.45, 2.75) is 58.4 Å². The normalized spacial score (nSPS) is 17.0. The highest BCUT2D eigenvalue weighted by Gasteiger charge is 2.26. The van der Waals surface area contributed by atoms with Crippen LogP contribution in [0.2, 0.25) is 0 Å². The predicted octanol–water partition coefficient (Wildman–Crippen LogP) is 3.34. The highest BCUT2D eigenvalue weighted by molar-refractivity contribution is 5.95. The third-order valence-corrected chi connectivity index (χ3v) is 4.33. The van der Waals surface area contributed by atoms with Crippen molar-refractivity contribution in [3.8, 4) is 0 Å². The minimum Gasteiger partial charge on any atom is -0.373 e. The Balaban J connectivity index is 2.19. The molecule has 2 rings (SSSR count). The average molecular weight is 289 g/mol. The van der Waals surface area contributed by atoms with E-state index in [1.165, 1.54) is 19.3 Å². The summed E-state index contributed by atoms with van der Waals surface area (Å²) in [5, 5.41) is 6.18. The maximum Gasteiger partial charge on any atom is 0.251 e. The van der Waals surface area contributed by atoms with E-state index in [-0.39, 0.29) is 17.4 Å². The summed E-state index contributed by atoms with van der Waals surface area (Å²) in [5.41, 5.74) is 1.53. The van der Waals surface area contributed by atoms with Crippen LogP contribution in [0.1, 0.15) is 63.0 Å². The van der Waals surface area contributed by atoms with E-state index in [0.717, 1.165) is 11.5 Å². The zero-order valence-electron chi connectivity index (χ0n) is 13.8. The van der Waals surface area contributed by atoms with Crippen molar-refractivity contribution >= 4 is 11.7 Å². The third-order valence-electron chi connectivity index (χ3n) is 4.33. The summed E-state index contributed by atoms with van der Waals surface area (Å²) >= 11 is 0. The predicted molar refractivity (Wildman–Crippen MR) is 86.8 cm³/mol. The Hall–Kier alpha value is -1.58. The Morgan fingerprint density at radius 3 is 2.48 bits per heavy atom. The highest BCUT2D eigenvalue weighted by Crippen LogP contribution is 2.29. The summed E-state index contributed by atoms with van der Waals surface area (Å²) < 4.78 is 0. The molecule has 1 fully saturated rings. The second kappa shape index (κ2) is 6.04. The fourth-order valence-corrected chi connectivity index (χ4v) is 2.52. The first kappa shape index (κ1) is 15.8. The first-order chi connectivity index (χ1) is 9.81. The van der Waals surface area contributed by atoms with Gasteiger partial charge in [0.05, 0.1) is 0 Å². The van der Waals surface area contributed by atoms with Crippen LogP contribution in [0.5, 0.6) is 0 Å². The summed E-state index contributed by atoms with van der Waals surface area (Å²) in [7, 11) is 1.83. The number of pyridine rings is 1. The van der Waals surface area contributed by atoms with Crippen LogP contribution in [0.25, 0.3) is 0 Å². The van der Waals surface area contributed by atoms with E-state index < -0.39 is 0 Å². The van der Waals surface area contributed by atoms with Gasteiger partial charge in [-0.1, -0.05) is 27.2 Å². The molecule has 0 spiro atoms. The molecule has 116 valence electrons. The van der Waals surface area contributed by atoms with E-state index in [1.54, 1.807) is 0 Å². The Kier molecular flexibility index (Phi) is 4.55. The van der Waals surface area contributed by atoms with Crippen molar-refractivity contribution in [3.05, 3.63) is 23.4 Å². The number of hydrogen-bond acceptors (Lipinski definition) is 3. The molecule has 1 atom stereocenters. The van der Waals surface area contributed by atoms with Gasteiger partial charge in [0.1, 0.15) is 5.82 Å². The zero-order valence-corrected chi connectivity index (χ0v) is 13.8. The number of nitrogens with zero attached hydrogens (tertiary/aromatic N) is 1. The largest absolute Gasteiger partial charge is 0.373 e. The number of amides is 1. The van der Waals surface area contributed by atoms with E-state index >= 15 is 0 Å². The van der Waals surface area contributed by atoms with Crippen LogP contribution in [0.15, 0.2) is 12.1 Å². The molecule has 4 nitrogen and oxygen atoms in total. The smallest absolute Gasteiger partial charge is 0.251 e. The van der Waals surface area contributed by atoms with E-state index in [4.69, 9.17) is 0 Å². The molecule has 0 radical (unpaired) electrons. The molecule has 1 aliphatic rings. The van der Waals surface area contributed by atoms with Crippen LogP contribution in [0.3, 0.4) is 0 Å². The van der Waals surface area contributed by atoms with Crippen molar-refractivity contribution in [1.82, 2.24) is 10.3 Å². The summed E-state index contributed by atoms with van der Waals surface area (Å²) in [5.74, 6) is 1.38. The molecule has 1 aromatic rings. The van der Waals surface area contributed by atoms with Gasteiger partial charge in [-0.3, -0.25) is 4.79 Å². The maximum absolute atomic E-state index is 12.5. The topological polar surface area (TPSA) is 54.0 Å². The van der Waals surface area contributed by atoms with Crippen molar-refractivity contribution in [2.24, 2.45) is 5.92 Å². The summed E-state index contributed by atoms with van der Waals surface area (Å²) in [4.78, 5) is 17.0. The molecule has 0 bridgehead atoms. The Morgan fingerprint density at radius 2 is 2.00 bits per heavy atom. The standard InChI is InChI=1S/C17H27N3O/c1-11(12-7-6-8-12)19-16(21)13-9-14(17(2,3)4)20-15(10-13)18-5/h9-12H,6-8H2,1-5H3,(H,18,20)(H,19,21). The number of carbonyl (C=O) groups excluding carboxylic acids is 1. The molecule has 21 heavy (non-hydrogen) atoms. The SMILES string of the molecule is CNc1cc(C(=O)NC(C)C2CCC2)cc(C(C)(C)C)n1. The van der Waals surface area contributed by atoms with Crippen LogP contribution in [0, 0.1) is 5.92 Å². The van der Waals surface area contributed by atoms with Gasteiger partial charge in [0.2, 0.25) is 0 Å². The lowest BCUT2D eigenvalue weighted by atomic mass is 9.80. The summed E-state index contributed by atoms with van der Waals surface area (Å²) in [6, 6.07) is 3.97. The molecule has 0 aliphatic heterocycles. The monoisotopic (exact) mass is 289 g/mol. The fourth-order valence-electron chi connectivity index (χ4n) is 2.52. The van der Waals surface area contributed by atoms with Gasteiger partial charge in [0, 0.05) is 29.8 Å². The van der Waals surface area contributed by atoms with E-state index in [2.05, 4.69) is 43.3 Å². The van der Waals surface area contributed by atoms with Gasteiger partial charge in [-0.25, -0.2) is 4.98 Å². The van der Waals surface area contributed by atoms with E-state index in [9.17, 15) is 4.79 Å². The third kappa shape index (κ3) is 3.74. The molecule has 0 saturated heterocycles. The first-order valence-corrected chi connectivity index (χ1v) is 7.82. The lowest BCUT2D eigenvalue weighted by Crippen LogP contribution is -2.40. The van der Waals surface area contributed by atoms with E-state index in [1.807, 2.05) is 19.2 Å². The van der Waals surface area contributed by atoms with Crippen molar-refractivity contribution in [3.63, 3.8) is 0 Å². The molecule has 1 amide bonds. The number of nitrogens with one attached hydrogen (secondary N) is 2. The Morgan fingerprint density at radius 1 is 1.33 bits per heavy atom. The highest BCUT2D eigenvalue weighted by atomic mass is 16.1. The first-order valence-electron chi connectivity index (χ1n) is 7.82. The minimum absolute atomic E-state index is 0.00111. The maximum atomic E-state index is 12.5.